The molecule has 1 unspecified atom stereocenters. The van der Waals surface area contributed by atoms with E-state index in [0.717, 1.165) is 6.42 Å². The lowest BCUT2D eigenvalue weighted by Gasteiger charge is -2.22. The van der Waals surface area contributed by atoms with Crippen LogP contribution in [0.25, 0.3) is 11.1 Å². The Balaban J connectivity index is 0.000000147. The van der Waals surface area contributed by atoms with Crippen molar-refractivity contribution in [1.82, 2.24) is 0 Å². The van der Waals surface area contributed by atoms with Crippen molar-refractivity contribution in [1.29, 1.82) is 0 Å². The molecular weight excluding hydrogens is 308 g/mol. The monoisotopic (exact) mass is 332 g/mol. The Hall–Kier alpha value is -2.58. The van der Waals surface area contributed by atoms with Crippen LogP contribution < -0.4 is 4.74 Å². The number of benzene rings is 3. The van der Waals surface area contributed by atoms with Crippen LogP contribution in [0.3, 0.4) is 0 Å². The van der Waals surface area contributed by atoms with Crippen LogP contribution in [0.15, 0.2) is 78.9 Å². The largest absolute Gasteiger partial charge is 0.463 e. The van der Waals surface area contributed by atoms with E-state index < -0.39 is 5.79 Å². The lowest BCUT2D eigenvalue weighted by Crippen LogP contribution is -2.30. The highest BCUT2D eigenvalue weighted by molar-refractivity contribution is 5.76. The molecule has 1 aliphatic rings. The smallest absolute Gasteiger partial charge is 0.204 e. The molecule has 0 aromatic heterocycles. The highest BCUT2D eigenvalue weighted by atomic mass is 16.6. The molecule has 0 spiro atoms. The number of aliphatic hydroxyl groups is 1. The Labute approximate surface area is 149 Å². The lowest BCUT2D eigenvalue weighted by atomic mass is 10.1. The maximum Gasteiger partial charge on any atom is 0.204 e. The Morgan fingerprint density at radius 1 is 0.800 bits per heavy atom. The Morgan fingerprint density at radius 3 is 1.80 bits per heavy atom. The quantitative estimate of drug-likeness (QED) is 0.506. The van der Waals surface area contributed by atoms with E-state index in [9.17, 15) is 5.11 Å². The van der Waals surface area contributed by atoms with E-state index in [2.05, 4.69) is 48.5 Å². The Bertz CT molecular complexity index is 779. The second-order valence-corrected chi connectivity index (χ2v) is 6.43. The summed E-state index contributed by atoms with van der Waals surface area (Å²) in [4.78, 5) is 0. The summed E-state index contributed by atoms with van der Waals surface area (Å²) < 4.78 is 5.31. The van der Waals surface area contributed by atoms with Crippen molar-refractivity contribution in [3.63, 3.8) is 0 Å². The minimum atomic E-state index is -1.05. The summed E-state index contributed by atoms with van der Waals surface area (Å²) in [5, 5.41) is 9.55. The highest BCUT2D eigenvalue weighted by Gasteiger charge is 2.18. The second kappa shape index (κ2) is 7.54. The summed E-state index contributed by atoms with van der Waals surface area (Å²) in [6.07, 6.45) is 1.67. The average molecular weight is 332 g/mol. The first kappa shape index (κ1) is 17.2. The van der Waals surface area contributed by atoms with Gasteiger partial charge in [-0.1, -0.05) is 73.7 Å². The fraction of sp³-hybridized carbons (Fsp3) is 0.217. The molecule has 1 atom stereocenters. The van der Waals surface area contributed by atoms with Crippen LogP contribution >= 0.6 is 0 Å². The molecule has 128 valence electrons. The van der Waals surface area contributed by atoms with E-state index in [0.29, 0.717) is 12.2 Å². The number of ether oxygens (including phenoxy) is 1. The number of hydrogen-bond acceptors (Lipinski definition) is 2. The van der Waals surface area contributed by atoms with Crippen LogP contribution in [0.2, 0.25) is 0 Å². The fourth-order valence-corrected chi connectivity index (χ4v) is 2.89. The molecule has 0 saturated carbocycles. The molecule has 0 amide bonds. The van der Waals surface area contributed by atoms with Gasteiger partial charge in [0.25, 0.3) is 0 Å². The van der Waals surface area contributed by atoms with Gasteiger partial charge in [0.05, 0.1) is 0 Å². The van der Waals surface area contributed by atoms with Crippen molar-refractivity contribution >= 4 is 0 Å². The molecule has 0 radical (unpaired) electrons. The third-order valence-corrected chi connectivity index (χ3v) is 4.44. The number of fused-ring (bicyclic) bond motifs is 3. The molecule has 0 fully saturated rings. The van der Waals surface area contributed by atoms with Crippen molar-refractivity contribution in [3.05, 3.63) is 90.0 Å². The third kappa shape index (κ3) is 4.28. The molecule has 2 heteroatoms. The molecule has 0 saturated heterocycles. The average Bonchev–Trinajstić information content (AvgIpc) is 3.01. The minimum absolute atomic E-state index is 0.571. The van der Waals surface area contributed by atoms with Crippen molar-refractivity contribution in [2.24, 2.45) is 0 Å². The van der Waals surface area contributed by atoms with E-state index in [-0.39, 0.29) is 0 Å². The van der Waals surface area contributed by atoms with Gasteiger partial charge in [0.15, 0.2) is 0 Å². The molecule has 3 aromatic rings. The van der Waals surface area contributed by atoms with Gasteiger partial charge in [-0.25, -0.2) is 0 Å². The minimum Gasteiger partial charge on any atom is -0.463 e. The summed E-state index contributed by atoms with van der Waals surface area (Å²) in [7, 11) is 0. The topological polar surface area (TPSA) is 29.5 Å². The van der Waals surface area contributed by atoms with Gasteiger partial charge in [0, 0.05) is 13.3 Å². The summed E-state index contributed by atoms with van der Waals surface area (Å²) in [6.45, 7) is 3.53. The molecule has 3 aromatic carbocycles. The van der Waals surface area contributed by atoms with E-state index in [4.69, 9.17) is 4.74 Å². The van der Waals surface area contributed by atoms with Gasteiger partial charge < -0.3 is 9.84 Å². The first-order chi connectivity index (χ1) is 12.1. The maximum absolute atomic E-state index is 9.55. The summed E-state index contributed by atoms with van der Waals surface area (Å²) in [6, 6.07) is 26.6. The van der Waals surface area contributed by atoms with Gasteiger partial charge in [-0.3, -0.25) is 0 Å². The Morgan fingerprint density at radius 2 is 1.28 bits per heavy atom. The molecule has 4 rings (SSSR count). The molecule has 2 nitrogen and oxygen atoms in total. The molecule has 0 heterocycles. The van der Waals surface area contributed by atoms with Crippen LogP contribution in [0.1, 0.15) is 31.4 Å². The van der Waals surface area contributed by atoms with E-state index in [1.165, 1.54) is 22.3 Å². The molecular formula is C23H24O2. The molecule has 1 N–H and O–H groups in total. The van der Waals surface area contributed by atoms with Gasteiger partial charge in [-0.2, -0.15) is 0 Å². The maximum atomic E-state index is 9.55. The fourth-order valence-electron chi connectivity index (χ4n) is 2.89. The highest BCUT2D eigenvalue weighted by Crippen LogP contribution is 2.35. The zero-order chi connectivity index (χ0) is 17.7. The van der Waals surface area contributed by atoms with Crippen molar-refractivity contribution < 1.29 is 9.84 Å². The number of para-hydroxylation sites is 1. The first-order valence-corrected chi connectivity index (χ1v) is 8.72. The van der Waals surface area contributed by atoms with Gasteiger partial charge in [-0.05, 0) is 40.8 Å². The predicted octanol–water partition coefficient (Wildman–Crippen LogP) is 5.44. The van der Waals surface area contributed by atoms with Crippen LogP contribution in [-0.2, 0) is 6.42 Å². The van der Waals surface area contributed by atoms with Gasteiger partial charge in [-0.15, -0.1) is 0 Å². The van der Waals surface area contributed by atoms with Gasteiger partial charge in [0.2, 0.25) is 5.79 Å². The normalized spacial score (nSPS) is 13.7. The zero-order valence-corrected chi connectivity index (χ0v) is 14.8. The van der Waals surface area contributed by atoms with Crippen LogP contribution in [-0.4, -0.2) is 10.9 Å². The van der Waals surface area contributed by atoms with Crippen molar-refractivity contribution in [2.75, 3.05) is 0 Å². The standard InChI is InChI=1S/C13H10.C10H14O2/c1-3-7-12-10(5-1)9-11-6-2-4-8-13(11)12;1-3-10(2,11)12-9-7-5-4-6-8-9/h1-8H,9H2;4-8,11H,3H2,1-2H3. The van der Waals surface area contributed by atoms with Crippen molar-refractivity contribution in [3.8, 4) is 16.9 Å². The lowest BCUT2D eigenvalue weighted by molar-refractivity contribution is -0.123. The second-order valence-electron chi connectivity index (χ2n) is 6.43. The van der Waals surface area contributed by atoms with Crippen LogP contribution in [0.4, 0.5) is 0 Å². The SMILES string of the molecule is CCC(C)(O)Oc1ccccc1.c1ccc2c(c1)Cc1ccccc1-2. The van der Waals surface area contributed by atoms with Crippen molar-refractivity contribution in [2.45, 2.75) is 32.5 Å². The molecule has 0 aliphatic heterocycles. The Kier molecular flexibility index (Phi) is 5.20. The van der Waals surface area contributed by atoms with Crippen LogP contribution in [0.5, 0.6) is 5.75 Å². The summed E-state index contributed by atoms with van der Waals surface area (Å²) in [5.41, 5.74) is 5.75. The predicted molar refractivity (Wildman–Crippen MR) is 103 cm³/mol. The summed E-state index contributed by atoms with van der Waals surface area (Å²) in [5.74, 6) is -0.356. The number of hydrogen-bond donors (Lipinski definition) is 1. The van der Waals surface area contributed by atoms with E-state index in [1.807, 2.05) is 37.3 Å². The van der Waals surface area contributed by atoms with Crippen LogP contribution in [0, 0.1) is 0 Å². The zero-order valence-electron chi connectivity index (χ0n) is 14.8. The molecule has 25 heavy (non-hydrogen) atoms. The summed E-state index contributed by atoms with van der Waals surface area (Å²) >= 11 is 0. The number of rotatable bonds is 3. The first-order valence-electron chi connectivity index (χ1n) is 8.72. The third-order valence-electron chi connectivity index (χ3n) is 4.44. The van der Waals surface area contributed by atoms with E-state index >= 15 is 0 Å². The molecule has 0 bridgehead atoms. The van der Waals surface area contributed by atoms with Gasteiger partial charge >= 0.3 is 0 Å². The molecule has 1 aliphatic carbocycles. The van der Waals surface area contributed by atoms with E-state index in [1.54, 1.807) is 6.92 Å². The van der Waals surface area contributed by atoms with Gasteiger partial charge in [0.1, 0.15) is 5.75 Å².